The second-order valence-electron chi connectivity index (χ2n) is 3.17. The molecule has 0 bridgehead atoms. The van der Waals surface area contributed by atoms with E-state index in [1.165, 1.54) is 0 Å². The van der Waals surface area contributed by atoms with Crippen molar-refractivity contribution in [3.05, 3.63) is 21.3 Å². The number of rotatable bonds is 2. The van der Waals surface area contributed by atoms with Crippen LogP contribution in [0.25, 0.3) is 0 Å². The molecule has 0 aliphatic carbocycles. The Morgan fingerprint density at radius 3 is 3.14 bits per heavy atom. The first kappa shape index (κ1) is 10.0. The third-order valence-corrected chi connectivity index (χ3v) is 2.96. The van der Waals surface area contributed by atoms with Crippen molar-refractivity contribution in [1.82, 2.24) is 0 Å². The highest BCUT2D eigenvalue weighted by molar-refractivity contribution is 14.1. The van der Waals surface area contributed by atoms with Gasteiger partial charge in [0.2, 0.25) is 0 Å². The lowest BCUT2D eigenvalue weighted by atomic mass is 10.1. The third kappa shape index (κ3) is 1.68. The average Bonchev–Trinajstić information content (AvgIpc) is 2.49. The molecule has 1 aromatic carbocycles. The molecule has 1 aliphatic heterocycles. The zero-order valence-electron chi connectivity index (χ0n) is 7.92. The summed E-state index contributed by atoms with van der Waals surface area (Å²) in [6.07, 6.45) is 0. The minimum atomic E-state index is -0.0149. The Morgan fingerprint density at radius 1 is 1.64 bits per heavy atom. The fourth-order valence-electron chi connectivity index (χ4n) is 1.53. The van der Waals surface area contributed by atoms with Gasteiger partial charge in [-0.2, -0.15) is 0 Å². The van der Waals surface area contributed by atoms with Crippen molar-refractivity contribution in [2.45, 2.75) is 13.0 Å². The van der Waals surface area contributed by atoms with Gasteiger partial charge in [0.1, 0.15) is 18.1 Å². The smallest absolute Gasteiger partial charge is 0.137 e. The molecule has 0 aromatic heterocycles. The highest BCUT2D eigenvalue weighted by Gasteiger charge is 2.23. The van der Waals surface area contributed by atoms with Crippen LogP contribution in [0.15, 0.2) is 12.1 Å². The molecule has 0 amide bonds. The minimum absolute atomic E-state index is 0.0149. The maximum Gasteiger partial charge on any atom is 0.137 e. The number of hydrogen-bond acceptors (Lipinski definition) is 3. The van der Waals surface area contributed by atoms with Crippen molar-refractivity contribution in [3.63, 3.8) is 0 Å². The number of fused-ring (bicyclic) bond motifs is 1. The van der Waals surface area contributed by atoms with Gasteiger partial charge in [-0.15, -0.1) is 0 Å². The molecule has 2 N–H and O–H groups in total. The van der Waals surface area contributed by atoms with Gasteiger partial charge in [0.15, 0.2) is 0 Å². The highest BCUT2D eigenvalue weighted by atomic mass is 127. The lowest BCUT2D eigenvalue weighted by molar-refractivity contribution is 0.330. The van der Waals surface area contributed by atoms with E-state index < -0.39 is 0 Å². The predicted octanol–water partition coefficient (Wildman–Crippen LogP) is 2.08. The number of halogens is 1. The van der Waals surface area contributed by atoms with Crippen LogP contribution in [0.2, 0.25) is 0 Å². The summed E-state index contributed by atoms with van der Waals surface area (Å²) in [6, 6.07) is 3.93. The second kappa shape index (κ2) is 3.94. The largest absolute Gasteiger partial charge is 0.494 e. The molecular formula is C10H12INO2. The topological polar surface area (TPSA) is 44.5 Å². The summed E-state index contributed by atoms with van der Waals surface area (Å²) in [5, 5.41) is 0. The maximum atomic E-state index is 5.90. The van der Waals surface area contributed by atoms with Crippen LogP contribution in [-0.2, 0) is 0 Å². The summed E-state index contributed by atoms with van der Waals surface area (Å²) in [5.74, 6) is 1.79. The minimum Gasteiger partial charge on any atom is -0.494 e. The van der Waals surface area contributed by atoms with Gasteiger partial charge in [0.05, 0.1) is 16.2 Å². The predicted molar refractivity (Wildman–Crippen MR) is 62.8 cm³/mol. The van der Waals surface area contributed by atoms with Crippen molar-refractivity contribution in [1.29, 1.82) is 0 Å². The Hall–Kier alpha value is -0.490. The van der Waals surface area contributed by atoms with Crippen LogP contribution in [0.5, 0.6) is 11.5 Å². The Bertz CT molecular complexity index is 354. The van der Waals surface area contributed by atoms with Gasteiger partial charge in [0, 0.05) is 5.56 Å². The van der Waals surface area contributed by atoms with E-state index >= 15 is 0 Å². The van der Waals surface area contributed by atoms with E-state index in [4.69, 9.17) is 15.2 Å². The lowest BCUT2D eigenvalue weighted by Crippen LogP contribution is -2.10. The molecule has 0 spiro atoms. The van der Waals surface area contributed by atoms with Gasteiger partial charge in [-0.25, -0.2) is 0 Å². The summed E-state index contributed by atoms with van der Waals surface area (Å²) in [5.41, 5.74) is 6.95. The fraction of sp³-hybridized carbons (Fsp3) is 0.400. The van der Waals surface area contributed by atoms with Gasteiger partial charge >= 0.3 is 0 Å². The number of hydrogen-bond donors (Lipinski definition) is 1. The van der Waals surface area contributed by atoms with E-state index in [1.807, 2.05) is 19.1 Å². The van der Waals surface area contributed by atoms with E-state index in [-0.39, 0.29) is 6.04 Å². The van der Waals surface area contributed by atoms with Crippen molar-refractivity contribution >= 4 is 22.6 Å². The summed E-state index contributed by atoms with van der Waals surface area (Å²) in [7, 11) is 0. The van der Waals surface area contributed by atoms with E-state index in [0.717, 1.165) is 20.6 Å². The molecule has 0 saturated heterocycles. The van der Waals surface area contributed by atoms with Crippen molar-refractivity contribution in [3.8, 4) is 11.5 Å². The third-order valence-electron chi connectivity index (χ3n) is 2.16. The quantitative estimate of drug-likeness (QED) is 0.851. The van der Waals surface area contributed by atoms with E-state index in [0.29, 0.717) is 13.2 Å². The normalized spacial score (nSPS) is 18.9. The molecule has 0 radical (unpaired) electrons. The van der Waals surface area contributed by atoms with Crippen LogP contribution in [0.4, 0.5) is 0 Å². The van der Waals surface area contributed by atoms with Crippen molar-refractivity contribution in [2.75, 3.05) is 13.2 Å². The van der Waals surface area contributed by atoms with E-state index in [1.54, 1.807) is 0 Å². The summed E-state index contributed by atoms with van der Waals surface area (Å²) < 4.78 is 12.0. The van der Waals surface area contributed by atoms with Gasteiger partial charge in [-0.1, -0.05) is 0 Å². The molecule has 0 saturated carbocycles. The lowest BCUT2D eigenvalue weighted by Gasteiger charge is -2.08. The van der Waals surface area contributed by atoms with Gasteiger partial charge in [-0.3, -0.25) is 0 Å². The fourth-order valence-corrected chi connectivity index (χ4v) is 2.30. The summed E-state index contributed by atoms with van der Waals surface area (Å²) in [6.45, 7) is 3.21. The van der Waals surface area contributed by atoms with Gasteiger partial charge < -0.3 is 15.2 Å². The van der Waals surface area contributed by atoms with Crippen LogP contribution in [0.1, 0.15) is 18.5 Å². The number of benzene rings is 1. The molecule has 1 aliphatic rings. The standard InChI is InChI=1S/C10H12INO2/c1-2-13-6-3-7-9(12)5-14-10(7)8(11)4-6/h3-4,9H,2,5,12H2,1H3/t9-/m0/s1. The first-order valence-corrected chi connectivity index (χ1v) is 5.65. The molecule has 1 atom stereocenters. The number of nitrogens with two attached hydrogens (primary N) is 1. The maximum absolute atomic E-state index is 5.90. The van der Waals surface area contributed by atoms with Crippen LogP contribution in [0, 0.1) is 3.57 Å². The first-order valence-electron chi connectivity index (χ1n) is 4.57. The molecule has 14 heavy (non-hydrogen) atoms. The molecule has 0 unspecified atom stereocenters. The average molecular weight is 305 g/mol. The van der Waals surface area contributed by atoms with Crippen LogP contribution < -0.4 is 15.2 Å². The molecule has 4 heteroatoms. The number of ether oxygens (including phenoxy) is 2. The molecule has 76 valence electrons. The highest BCUT2D eigenvalue weighted by Crippen LogP contribution is 2.38. The Morgan fingerprint density at radius 2 is 2.43 bits per heavy atom. The molecule has 0 fully saturated rings. The zero-order chi connectivity index (χ0) is 10.1. The molecule has 1 aromatic rings. The van der Waals surface area contributed by atoms with Crippen LogP contribution in [0.3, 0.4) is 0 Å². The molecule has 2 rings (SSSR count). The van der Waals surface area contributed by atoms with E-state index in [2.05, 4.69) is 22.6 Å². The van der Waals surface area contributed by atoms with Gasteiger partial charge in [0.25, 0.3) is 0 Å². The van der Waals surface area contributed by atoms with Gasteiger partial charge in [-0.05, 0) is 41.6 Å². The molecule has 1 heterocycles. The molecule has 3 nitrogen and oxygen atoms in total. The van der Waals surface area contributed by atoms with Crippen molar-refractivity contribution < 1.29 is 9.47 Å². The summed E-state index contributed by atoms with van der Waals surface area (Å²) >= 11 is 2.24. The van der Waals surface area contributed by atoms with Crippen LogP contribution in [-0.4, -0.2) is 13.2 Å². The Kier molecular flexibility index (Phi) is 2.83. The van der Waals surface area contributed by atoms with Crippen molar-refractivity contribution in [2.24, 2.45) is 5.73 Å². The molecular weight excluding hydrogens is 293 g/mol. The zero-order valence-corrected chi connectivity index (χ0v) is 10.1. The second-order valence-corrected chi connectivity index (χ2v) is 4.34. The monoisotopic (exact) mass is 305 g/mol. The van der Waals surface area contributed by atoms with E-state index in [9.17, 15) is 0 Å². The SMILES string of the molecule is CCOc1cc(I)c2c(c1)[C@@H](N)CO2. The Labute approximate surface area is 96.7 Å². The summed E-state index contributed by atoms with van der Waals surface area (Å²) in [4.78, 5) is 0. The first-order chi connectivity index (χ1) is 6.72. The Balaban J connectivity index is 2.42. The van der Waals surface area contributed by atoms with Crippen LogP contribution >= 0.6 is 22.6 Å².